The molecule has 0 bridgehead atoms. The van der Waals surface area contributed by atoms with Gasteiger partial charge in [-0.15, -0.1) is 0 Å². The quantitative estimate of drug-likeness (QED) is 0.867. The van der Waals surface area contributed by atoms with E-state index >= 15 is 0 Å². The van der Waals surface area contributed by atoms with Gasteiger partial charge in [0, 0.05) is 18.9 Å². The lowest BCUT2D eigenvalue weighted by molar-refractivity contribution is -0.135. The summed E-state index contributed by atoms with van der Waals surface area (Å²) in [7, 11) is 0. The largest absolute Gasteiger partial charge is 0.465 e. The van der Waals surface area contributed by atoms with Gasteiger partial charge in [-0.3, -0.25) is 4.90 Å². The van der Waals surface area contributed by atoms with Crippen LogP contribution in [0.4, 0.5) is 13.6 Å². The van der Waals surface area contributed by atoms with Crippen molar-refractivity contribution < 1.29 is 23.5 Å². The average Bonchev–Trinajstić information content (AvgIpc) is 2.41. The highest BCUT2D eigenvalue weighted by molar-refractivity contribution is 5.67. The first-order valence-corrected chi connectivity index (χ1v) is 6.30. The van der Waals surface area contributed by atoms with Crippen molar-refractivity contribution in [3.63, 3.8) is 0 Å². The third kappa shape index (κ3) is 2.95. The van der Waals surface area contributed by atoms with Crippen LogP contribution in [0.25, 0.3) is 0 Å². The second-order valence-electron chi connectivity index (χ2n) is 5.00. The zero-order chi connectivity index (χ0) is 14.8. The Kier molecular flexibility index (Phi) is 4.01. The summed E-state index contributed by atoms with van der Waals surface area (Å²) >= 11 is 0. The predicted octanol–water partition coefficient (Wildman–Crippen LogP) is 2.43. The first-order valence-electron chi connectivity index (χ1n) is 6.30. The Balaban J connectivity index is 2.26. The molecule has 4 nitrogen and oxygen atoms in total. The number of nitrogens with zero attached hydrogens (tertiary/aromatic N) is 1. The van der Waals surface area contributed by atoms with Gasteiger partial charge in [0.2, 0.25) is 0 Å². The van der Waals surface area contributed by atoms with Gasteiger partial charge >= 0.3 is 6.09 Å². The van der Waals surface area contributed by atoms with Gasteiger partial charge in [-0.2, -0.15) is 0 Å². The Labute approximate surface area is 115 Å². The van der Waals surface area contributed by atoms with Crippen LogP contribution in [0.15, 0.2) is 30.3 Å². The number of carbonyl (C=O) groups is 2. The highest BCUT2D eigenvalue weighted by atomic mass is 19.3. The van der Waals surface area contributed by atoms with Crippen LogP contribution in [0, 0.1) is 5.92 Å². The molecule has 1 aliphatic heterocycles. The number of benzene rings is 1. The van der Waals surface area contributed by atoms with Crippen LogP contribution >= 0.6 is 0 Å². The fourth-order valence-electron chi connectivity index (χ4n) is 2.56. The number of alkyl halides is 2. The molecular weight excluding hydrogens is 268 g/mol. The zero-order valence-corrected chi connectivity index (χ0v) is 10.7. The molecule has 1 saturated heterocycles. The lowest BCUT2D eigenvalue weighted by Crippen LogP contribution is -2.58. The summed E-state index contributed by atoms with van der Waals surface area (Å²) in [6.07, 6.45) is -1.68. The van der Waals surface area contributed by atoms with Crippen molar-refractivity contribution in [1.29, 1.82) is 0 Å². The number of aldehydes is 1. The third-order valence-electron chi connectivity index (χ3n) is 3.54. The summed E-state index contributed by atoms with van der Waals surface area (Å²) in [4.78, 5) is 22.6. The summed E-state index contributed by atoms with van der Waals surface area (Å²) in [6, 6.07) is 7.13. The first kappa shape index (κ1) is 14.4. The van der Waals surface area contributed by atoms with E-state index in [1.165, 1.54) is 0 Å². The smallest absolute Gasteiger partial charge is 0.407 e. The van der Waals surface area contributed by atoms with E-state index in [4.69, 9.17) is 5.11 Å². The summed E-state index contributed by atoms with van der Waals surface area (Å²) in [6.45, 7) is -0.175. The maximum absolute atomic E-state index is 14.1. The van der Waals surface area contributed by atoms with E-state index in [1.807, 2.05) is 0 Å². The molecule has 0 aliphatic carbocycles. The van der Waals surface area contributed by atoms with E-state index in [-0.39, 0.29) is 13.0 Å². The molecule has 108 valence electrons. The SMILES string of the molecule is O=CC1CN(C(=O)O)C(Cc2ccccc2)C(F)(F)C1. The van der Waals surface area contributed by atoms with Crippen LogP contribution in [0.2, 0.25) is 0 Å². The second-order valence-corrected chi connectivity index (χ2v) is 5.00. The second kappa shape index (κ2) is 5.56. The van der Waals surface area contributed by atoms with Gasteiger partial charge in [-0.05, 0) is 12.0 Å². The molecule has 1 aliphatic rings. The molecule has 1 heterocycles. The molecule has 0 saturated carbocycles. The standard InChI is InChI=1S/C14H15F2NO3/c15-14(16)7-11(9-18)8-17(13(19)20)12(14)6-10-4-2-1-3-5-10/h1-5,9,11-12H,6-8H2,(H,19,20). The third-order valence-corrected chi connectivity index (χ3v) is 3.54. The molecular formula is C14H15F2NO3. The number of rotatable bonds is 3. The minimum absolute atomic E-state index is 0.0638. The molecule has 2 rings (SSSR count). The number of piperidine rings is 1. The highest BCUT2D eigenvalue weighted by Crippen LogP contribution is 2.37. The minimum atomic E-state index is -3.21. The molecule has 0 aromatic heterocycles. The monoisotopic (exact) mass is 283 g/mol. The number of hydrogen-bond acceptors (Lipinski definition) is 2. The number of carboxylic acid groups (broad SMARTS) is 1. The van der Waals surface area contributed by atoms with Crippen LogP contribution in [0.3, 0.4) is 0 Å². The average molecular weight is 283 g/mol. The first-order chi connectivity index (χ1) is 9.44. The van der Waals surface area contributed by atoms with Crippen LogP contribution in [-0.2, 0) is 11.2 Å². The lowest BCUT2D eigenvalue weighted by Gasteiger charge is -2.41. The number of halogens is 2. The van der Waals surface area contributed by atoms with Gasteiger partial charge in [-0.1, -0.05) is 30.3 Å². The summed E-state index contributed by atoms with van der Waals surface area (Å²) in [5, 5.41) is 9.11. The summed E-state index contributed by atoms with van der Waals surface area (Å²) < 4.78 is 28.3. The lowest BCUT2D eigenvalue weighted by atomic mass is 9.87. The Bertz CT molecular complexity index is 492. The Morgan fingerprint density at radius 1 is 1.40 bits per heavy atom. The van der Waals surface area contributed by atoms with Crippen molar-refractivity contribution in [2.24, 2.45) is 5.92 Å². The van der Waals surface area contributed by atoms with Crippen molar-refractivity contribution in [1.82, 2.24) is 4.90 Å². The zero-order valence-electron chi connectivity index (χ0n) is 10.7. The van der Waals surface area contributed by atoms with Crippen LogP contribution in [-0.4, -0.2) is 40.9 Å². The Morgan fingerprint density at radius 3 is 2.60 bits per heavy atom. The van der Waals surface area contributed by atoms with Crippen molar-refractivity contribution in [2.75, 3.05) is 6.54 Å². The summed E-state index contributed by atoms with van der Waals surface area (Å²) in [5.74, 6) is -4.16. The summed E-state index contributed by atoms with van der Waals surface area (Å²) in [5.41, 5.74) is 0.646. The number of likely N-dealkylation sites (tertiary alicyclic amines) is 1. The van der Waals surface area contributed by atoms with Crippen LogP contribution in [0.5, 0.6) is 0 Å². The highest BCUT2D eigenvalue weighted by Gasteiger charge is 2.50. The van der Waals surface area contributed by atoms with Gasteiger partial charge in [0.25, 0.3) is 5.92 Å². The van der Waals surface area contributed by atoms with E-state index in [1.54, 1.807) is 30.3 Å². The van der Waals surface area contributed by atoms with Gasteiger partial charge in [0.1, 0.15) is 12.3 Å². The topological polar surface area (TPSA) is 57.6 Å². The molecule has 1 amide bonds. The van der Waals surface area contributed by atoms with Crippen molar-refractivity contribution in [3.8, 4) is 0 Å². The molecule has 2 unspecified atom stereocenters. The van der Waals surface area contributed by atoms with E-state index in [9.17, 15) is 18.4 Å². The maximum Gasteiger partial charge on any atom is 0.407 e. The Morgan fingerprint density at radius 2 is 2.05 bits per heavy atom. The van der Waals surface area contributed by atoms with Crippen LogP contribution in [0.1, 0.15) is 12.0 Å². The molecule has 2 atom stereocenters. The minimum Gasteiger partial charge on any atom is -0.465 e. The van der Waals surface area contributed by atoms with E-state index in [0.29, 0.717) is 16.7 Å². The number of carbonyl (C=O) groups excluding carboxylic acids is 1. The van der Waals surface area contributed by atoms with Crippen molar-refractivity contribution >= 4 is 12.4 Å². The molecule has 20 heavy (non-hydrogen) atoms. The fraction of sp³-hybridized carbons (Fsp3) is 0.429. The van der Waals surface area contributed by atoms with Gasteiger partial charge in [0.15, 0.2) is 0 Å². The van der Waals surface area contributed by atoms with Gasteiger partial charge in [0.05, 0.1) is 0 Å². The maximum atomic E-state index is 14.1. The molecule has 1 aromatic rings. The molecule has 6 heteroatoms. The van der Waals surface area contributed by atoms with E-state index < -0.39 is 30.4 Å². The van der Waals surface area contributed by atoms with E-state index in [0.717, 1.165) is 0 Å². The molecule has 1 N–H and O–H groups in total. The van der Waals surface area contributed by atoms with Crippen molar-refractivity contribution in [2.45, 2.75) is 24.8 Å². The van der Waals surface area contributed by atoms with Crippen LogP contribution < -0.4 is 0 Å². The Hall–Kier alpha value is -1.98. The molecule has 1 fully saturated rings. The number of amides is 1. The predicted molar refractivity (Wildman–Crippen MR) is 67.8 cm³/mol. The number of hydrogen-bond donors (Lipinski definition) is 1. The van der Waals surface area contributed by atoms with Gasteiger partial charge in [-0.25, -0.2) is 13.6 Å². The van der Waals surface area contributed by atoms with Crippen molar-refractivity contribution in [3.05, 3.63) is 35.9 Å². The normalized spacial score (nSPS) is 25.2. The molecule has 1 aromatic carbocycles. The van der Waals surface area contributed by atoms with Gasteiger partial charge < -0.3 is 9.90 Å². The molecule has 0 spiro atoms. The van der Waals surface area contributed by atoms with E-state index in [2.05, 4.69) is 0 Å². The molecule has 0 radical (unpaired) electrons. The fourth-order valence-corrected chi connectivity index (χ4v) is 2.56.